The number of thiazole rings is 1. The van der Waals surface area contributed by atoms with Crippen LogP contribution in [-0.2, 0) is 0 Å². The minimum atomic E-state index is -0.483. The first kappa shape index (κ1) is 19.5. The summed E-state index contributed by atoms with van der Waals surface area (Å²) < 4.78 is 14.4. The molecule has 0 unspecified atom stereocenters. The van der Waals surface area contributed by atoms with Crippen molar-refractivity contribution in [1.29, 1.82) is 0 Å². The number of piperazine rings is 1. The molecule has 0 spiro atoms. The van der Waals surface area contributed by atoms with E-state index in [1.807, 2.05) is 25.3 Å². The van der Waals surface area contributed by atoms with Crippen LogP contribution >= 0.6 is 11.3 Å². The highest BCUT2D eigenvalue weighted by Crippen LogP contribution is 2.33. The molecule has 4 heterocycles. The van der Waals surface area contributed by atoms with Gasteiger partial charge in [0.15, 0.2) is 10.9 Å². The van der Waals surface area contributed by atoms with Gasteiger partial charge in [-0.1, -0.05) is 11.3 Å². The Bertz CT molecular complexity index is 982. The smallest absolute Gasteiger partial charge is 0.229 e. The van der Waals surface area contributed by atoms with Gasteiger partial charge in [-0.25, -0.2) is 24.3 Å². The van der Waals surface area contributed by atoms with E-state index in [1.54, 1.807) is 7.05 Å². The first-order chi connectivity index (χ1) is 14.0. The molecule has 0 amide bonds. The summed E-state index contributed by atoms with van der Waals surface area (Å²) in [6, 6.07) is 3.91. The van der Waals surface area contributed by atoms with Crippen molar-refractivity contribution in [1.82, 2.24) is 24.8 Å². The van der Waals surface area contributed by atoms with Gasteiger partial charge < -0.3 is 20.4 Å². The highest BCUT2D eigenvalue weighted by Gasteiger charge is 2.17. The molecular formula is C19H23FN8S. The summed E-state index contributed by atoms with van der Waals surface area (Å²) in [7, 11) is 3.91. The molecule has 0 bridgehead atoms. The second-order valence-electron chi connectivity index (χ2n) is 6.89. The number of nitrogens with one attached hydrogen (secondary N) is 2. The number of aryl methyl sites for hydroxylation is 1. The van der Waals surface area contributed by atoms with Crippen LogP contribution in [0.2, 0.25) is 0 Å². The van der Waals surface area contributed by atoms with Crippen molar-refractivity contribution in [3.63, 3.8) is 0 Å². The van der Waals surface area contributed by atoms with E-state index in [2.05, 4.69) is 47.4 Å². The van der Waals surface area contributed by atoms with Crippen LogP contribution in [0.1, 0.15) is 5.69 Å². The molecule has 3 aromatic heterocycles. The van der Waals surface area contributed by atoms with Crippen LogP contribution in [0, 0.1) is 12.7 Å². The largest absolute Gasteiger partial charge is 0.368 e. The van der Waals surface area contributed by atoms with Gasteiger partial charge in [0.25, 0.3) is 0 Å². The van der Waals surface area contributed by atoms with Gasteiger partial charge in [0, 0.05) is 33.2 Å². The van der Waals surface area contributed by atoms with E-state index in [0.29, 0.717) is 21.8 Å². The number of nitrogens with zero attached hydrogens (tertiary/aromatic N) is 6. The third kappa shape index (κ3) is 4.28. The van der Waals surface area contributed by atoms with Crippen LogP contribution in [0.4, 0.5) is 27.0 Å². The number of hydrogen-bond acceptors (Lipinski definition) is 9. The summed E-state index contributed by atoms with van der Waals surface area (Å²) in [6.45, 7) is 5.88. The molecule has 4 rings (SSSR count). The van der Waals surface area contributed by atoms with Crippen LogP contribution in [-0.4, -0.2) is 65.1 Å². The second kappa shape index (κ2) is 8.26. The number of likely N-dealkylation sites (N-methyl/N-ethyl adjacent to an activating group) is 1. The van der Waals surface area contributed by atoms with E-state index >= 15 is 0 Å². The normalized spacial score (nSPS) is 14.8. The summed E-state index contributed by atoms with van der Waals surface area (Å²) in [6.07, 6.45) is 3.01. The van der Waals surface area contributed by atoms with Crippen molar-refractivity contribution in [2.24, 2.45) is 0 Å². The predicted molar refractivity (Wildman–Crippen MR) is 115 cm³/mol. The number of halogens is 1. The van der Waals surface area contributed by atoms with Crippen LogP contribution < -0.4 is 15.5 Å². The molecule has 0 radical (unpaired) electrons. The standard InChI is InChI=1S/C19H23FN8S/c1-12-17(29-19(21-2)24-12)16-14(20)11-23-18(26-16)25-15-5-4-13(10-22-15)28-8-6-27(3)7-9-28/h4-5,10-11H,6-9H2,1-3H3,(H,21,24)(H,22,23,25,26). The molecule has 0 atom stereocenters. The first-order valence-corrected chi connectivity index (χ1v) is 10.2. The maximum absolute atomic E-state index is 14.4. The quantitative estimate of drug-likeness (QED) is 0.659. The minimum absolute atomic E-state index is 0.230. The van der Waals surface area contributed by atoms with E-state index in [0.717, 1.165) is 37.6 Å². The maximum atomic E-state index is 14.4. The third-order valence-corrected chi connectivity index (χ3v) is 6.01. The van der Waals surface area contributed by atoms with Gasteiger partial charge in [-0.3, -0.25) is 0 Å². The Morgan fingerprint density at radius 1 is 1.07 bits per heavy atom. The van der Waals surface area contributed by atoms with E-state index in [1.165, 1.54) is 17.5 Å². The van der Waals surface area contributed by atoms with Crippen molar-refractivity contribution in [2.45, 2.75) is 6.92 Å². The fraction of sp³-hybridized carbons (Fsp3) is 0.368. The summed E-state index contributed by atoms with van der Waals surface area (Å²) in [4.78, 5) is 22.5. The Kier molecular flexibility index (Phi) is 5.54. The highest BCUT2D eigenvalue weighted by atomic mass is 32.1. The van der Waals surface area contributed by atoms with Crippen LogP contribution in [0.15, 0.2) is 24.5 Å². The Morgan fingerprint density at radius 2 is 1.86 bits per heavy atom. The van der Waals surface area contributed by atoms with Gasteiger partial charge in [0.2, 0.25) is 5.95 Å². The van der Waals surface area contributed by atoms with Gasteiger partial charge in [0.1, 0.15) is 11.5 Å². The lowest BCUT2D eigenvalue weighted by molar-refractivity contribution is 0.313. The number of aromatic nitrogens is 4. The minimum Gasteiger partial charge on any atom is -0.368 e. The third-order valence-electron chi connectivity index (χ3n) is 4.83. The Morgan fingerprint density at radius 3 is 2.52 bits per heavy atom. The van der Waals surface area contributed by atoms with E-state index < -0.39 is 5.82 Å². The van der Waals surface area contributed by atoms with E-state index in [-0.39, 0.29) is 5.69 Å². The summed E-state index contributed by atoms with van der Waals surface area (Å²) >= 11 is 1.35. The molecule has 0 aliphatic carbocycles. The molecule has 10 heteroatoms. The van der Waals surface area contributed by atoms with E-state index in [9.17, 15) is 4.39 Å². The summed E-state index contributed by atoms with van der Waals surface area (Å²) in [5, 5.41) is 6.75. The molecule has 8 nitrogen and oxygen atoms in total. The topological polar surface area (TPSA) is 82.1 Å². The molecule has 1 fully saturated rings. The Balaban J connectivity index is 1.51. The van der Waals surface area contributed by atoms with Gasteiger partial charge in [-0.2, -0.15) is 0 Å². The lowest BCUT2D eigenvalue weighted by Crippen LogP contribution is -2.44. The van der Waals surface area contributed by atoms with Crippen molar-refractivity contribution >= 4 is 33.9 Å². The molecule has 1 aliphatic heterocycles. The molecular weight excluding hydrogens is 391 g/mol. The monoisotopic (exact) mass is 414 g/mol. The number of rotatable bonds is 5. The van der Waals surface area contributed by atoms with Crippen LogP contribution in [0.3, 0.4) is 0 Å². The van der Waals surface area contributed by atoms with Crippen molar-refractivity contribution in [3.8, 4) is 10.6 Å². The zero-order chi connectivity index (χ0) is 20.4. The Hall–Kier alpha value is -2.85. The predicted octanol–water partition coefficient (Wildman–Crippen LogP) is 2.98. The second-order valence-corrected chi connectivity index (χ2v) is 7.89. The van der Waals surface area contributed by atoms with Crippen LogP contribution in [0.5, 0.6) is 0 Å². The van der Waals surface area contributed by atoms with Crippen molar-refractivity contribution in [3.05, 3.63) is 36.0 Å². The summed E-state index contributed by atoms with van der Waals surface area (Å²) in [5.41, 5.74) is 2.04. The molecule has 0 saturated carbocycles. The highest BCUT2D eigenvalue weighted by molar-refractivity contribution is 7.19. The molecule has 152 valence electrons. The van der Waals surface area contributed by atoms with Crippen molar-refractivity contribution in [2.75, 3.05) is 55.8 Å². The van der Waals surface area contributed by atoms with E-state index in [4.69, 9.17) is 0 Å². The average molecular weight is 415 g/mol. The maximum Gasteiger partial charge on any atom is 0.229 e. The van der Waals surface area contributed by atoms with Gasteiger partial charge in [-0.05, 0) is 26.1 Å². The molecule has 1 aliphatic rings. The SMILES string of the molecule is CNc1nc(C)c(-c2nc(Nc3ccc(N4CCN(C)CC4)cn3)ncc2F)s1. The zero-order valence-corrected chi connectivity index (χ0v) is 17.4. The number of pyridine rings is 1. The Labute approximate surface area is 172 Å². The number of anilines is 4. The summed E-state index contributed by atoms with van der Waals surface area (Å²) in [5.74, 6) is 0.417. The molecule has 2 N–H and O–H groups in total. The van der Waals surface area contributed by atoms with Gasteiger partial charge in [-0.15, -0.1) is 0 Å². The van der Waals surface area contributed by atoms with Gasteiger partial charge in [0.05, 0.1) is 28.7 Å². The first-order valence-electron chi connectivity index (χ1n) is 9.38. The molecule has 29 heavy (non-hydrogen) atoms. The number of hydrogen-bond donors (Lipinski definition) is 2. The zero-order valence-electron chi connectivity index (χ0n) is 16.6. The lowest BCUT2D eigenvalue weighted by Gasteiger charge is -2.33. The fourth-order valence-corrected chi connectivity index (χ4v) is 4.05. The van der Waals surface area contributed by atoms with Crippen LogP contribution in [0.25, 0.3) is 10.6 Å². The molecule has 3 aromatic rings. The average Bonchev–Trinajstić information content (AvgIpc) is 3.11. The molecule has 0 aromatic carbocycles. The van der Waals surface area contributed by atoms with Gasteiger partial charge >= 0.3 is 0 Å². The lowest BCUT2D eigenvalue weighted by atomic mass is 10.3. The van der Waals surface area contributed by atoms with Crippen molar-refractivity contribution < 1.29 is 4.39 Å². The molecule has 1 saturated heterocycles. The fourth-order valence-electron chi connectivity index (χ4n) is 3.14.